The molecule has 30 heavy (non-hydrogen) atoms. The number of likely N-dealkylation sites (tertiary alicyclic amines) is 1. The maximum atomic E-state index is 9.80. The minimum absolute atomic E-state index is 0.110. The number of nitrogens with zero attached hydrogens (tertiary/aromatic N) is 4. The Morgan fingerprint density at radius 3 is 2.60 bits per heavy atom. The van der Waals surface area contributed by atoms with Gasteiger partial charge in [-0.2, -0.15) is 0 Å². The zero-order valence-corrected chi connectivity index (χ0v) is 18.4. The molecule has 2 aromatic rings. The van der Waals surface area contributed by atoms with E-state index in [4.69, 9.17) is 4.42 Å². The van der Waals surface area contributed by atoms with Crippen molar-refractivity contribution in [1.29, 1.82) is 0 Å². The molecule has 0 aromatic carbocycles. The Morgan fingerprint density at radius 2 is 1.90 bits per heavy atom. The Morgan fingerprint density at radius 1 is 1.17 bits per heavy atom. The number of aliphatic hydroxyl groups is 1. The van der Waals surface area contributed by atoms with Crippen molar-refractivity contribution in [2.75, 3.05) is 19.6 Å². The Balaban J connectivity index is 1.44. The topological polar surface area (TPSA) is 75.3 Å². The SMILES string of the molecule is CC1=CC(CN2CCC(O)CC2)C(C(C)C)CC1Cc1nnc(-c2ccncc2)o1. The van der Waals surface area contributed by atoms with Crippen molar-refractivity contribution in [3.8, 4) is 11.5 Å². The lowest BCUT2D eigenvalue weighted by atomic mass is 9.69. The summed E-state index contributed by atoms with van der Waals surface area (Å²) in [5.74, 6) is 3.58. The number of hydrogen-bond donors (Lipinski definition) is 1. The molecule has 3 atom stereocenters. The molecular formula is C24H34N4O2. The van der Waals surface area contributed by atoms with E-state index in [-0.39, 0.29) is 6.10 Å². The van der Waals surface area contributed by atoms with Gasteiger partial charge in [0.25, 0.3) is 0 Å². The van der Waals surface area contributed by atoms with Crippen LogP contribution in [0.2, 0.25) is 0 Å². The molecule has 4 rings (SSSR count). The first-order chi connectivity index (χ1) is 14.5. The summed E-state index contributed by atoms with van der Waals surface area (Å²) < 4.78 is 5.97. The average Bonchev–Trinajstić information content (AvgIpc) is 3.21. The molecule has 0 spiro atoms. The van der Waals surface area contributed by atoms with Crippen LogP contribution in [0.4, 0.5) is 0 Å². The third-order valence-electron chi connectivity index (χ3n) is 6.93. The maximum absolute atomic E-state index is 9.80. The number of allylic oxidation sites excluding steroid dienone is 1. The fraction of sp³-hybridized carbons (Fsp3) is 0.625. The van der Waals surface area contributed by atoms with E-state index in [0.717, 1.165) is 50.9 Å². The van der Waals surface area contributed by atoms with Crippen LogP contribution in [0, 0.1) is 23.7 Å². The van der Waals surface area contributed by atoms with E-state index in [1.165, 1.54) is 5.57 Å². The molecule has 1 aliphatic heterocycles. The van der Waals surface area contributed by atoms with Crippen LogP contribution in [0.1, 0.15) is 45.9 Å². The van der Waals surface area contributed by atoms with E-state index in [2.05, 4.69) is 46.9 Å². The molecule has 1 N–H and O–H groups in total. The van der Waals surface area contributed by atoms with Gasteiger partial charge in [0.1, 0.15) is 0 Å². The first-order valence-electron chi connectivity index (χ1n) is 11.3. The van der Waals surface area contributed by atoms with Crippen LogP contribution in [-0.4, -0.2) is 50.9 Å². The molecule has 0 bridgehead atoms. The zero-order chi connectivity index (χ0) is 21.1. The summed E-state index contributed by atoms with van der Waals surface area (Å²) in [4.78, 5) is 6.58. The molecule has 3 unspecified atom stereocenters. The second-order valence-electron chi connectivity index (χ2n) is 9.39. The van der Waals surface area contributed by atoms with Crippen molar-refractivity contribution < 1.29 is 9.52 Å². The van der Waals surface area contributed by atoms with Crippen molar-refractivity contribution in [3.63, 3.8) is 0 Å². The van der Waals surface area contributed by atoms with Gasteiger partial charge in [0.2, 0.25) is 11.8 Å². The van der Waals surface area contributed by atoms with E-state index in [0.29, 0.717) is 35.5 Å². The minimum atomic E-state index is -0.110. The first kappa shape index (κ1) is 21.2. The summed E-state index contributed by atoms with van der Waals surface area (Å²) in [6.07, 6.45) is 9.64. The van der Waals surface area contributed by atoms with Gasteiger partial charge in [-0.25, -0.2) is 0 Å². The maximum Gasteiger partial charge on any atom is 0.247 e. The molecule has 1 fully saturated rings. The molecule has 0 amide bonds. The zero-order valence-electron chi connectivity index (χ0n) is 18.4. The van der Waals surface area contributed by atoms with E-state index in [9.17, 15) is 5.11 Å². The summed E-state index contributed by atoms with van der Waals surface area (Å²) in [5.41, 5.74) is 2.35. The Labute approximate surface area is 179 Å². The molecule has 1 saturated heterocycles. The van der Waals surface area contributed by atoms with E-state index in [1.807, 2.05) is 12.1 Å². The van der Waals surface area contributed by atoms with Gasteiger partial charge < -0.3 is 14.4 Å². The molecular weight excluding hydrogens is 376 g/mol. The fourth-order valence-corrected chi connectivity index (χ4v) is 5.04. The van der Waals surface area contributed by atoms with Gasteiger partial charge in [-0.1, -0.05) is 25.5 Å². The summed E-state index contributed by atoms with van der Waals surface area (Å²) in [6, 6.07) is 3.78. The van der Waals surface area contributed by atoms with Gasteiger partial charge in [-0.05, 0) is 62.0 Å². The van der Waals surface area contributed by atoms with Gasteiger partial charge >= 0.3 is 0 Å². The molecule has 6 nitrogen and oxygen atoms in total. The quantitative estimate of drug-likeness (QED) is 0.726. The smallest absolute Gasteiger partial charge is 0.247 e. The Kier molecular flexibility index (Phi) is 6.64. The molecule has 0 saturated carbocycles. The molecule has 6 heteroatoms. The number of pyridine rings is 1. The van der Waals surface area contributed by atoms with Gasteiger partial charge in [-0.3, -0.25) is 4.98 Å². The second kappa shape index (κ2) is 9.40. The lowest BCUT2D eigenvalue weighted by Gasteiger charge is -2.40. The molecule has 0 radical (unpaired) electrons. The van der Waals surface area contributed by atoms with Crippen LogP contribution in [0.5, 0.6) is 0 Å². The van der Waals surface area contributed by atoms with Crippen molar-refractivity contribution in [2.24, 2.45) is 23.7 Å². The van der Waals surface area contributed by atoms with Crippen molar-refractivity contribution in [1.82, 2.24) is 20.1 Å². The minimum Gasteiger partial charge on any atom is -0.421 e. The van der Waals surface area contributed by atoms with Crippen molar-refractivity contribution >= 4 is 0 Å². The predicted molar refractivity (Wildman–Crippen MR) is 117 cm³/mol. The van der Waals surface area contributed by atoms with Crippen LogP contribution in [0.3, 0.4) is 0 Å². The normalized spacial score (nSPS) is 26.2. The van der Waals surface area contributed by atoms with Gasteiger partial charge in [-0.15, -0.1) is 10.2 Å². The largest absolute Gasteiger partial charge is 0.421 e. The summed E-state index contributed by atoms with van der Waals surface area (Å²) in [5, 5.41) is 18.4. The Bertz CT molecular complexity index is 840. The number of piperidine rings is 1. The van der Waals surface area contributed by atoms with Gasteiger partial charge in [0, 0.05) is 44.0 Å². The van der Waals surface area contributed by atoms with Crippen LogP contribution >= 0.6 is 0 Å². The van der Waals surface area contributed by atoms with Crippen LogP contribution < -0.4 is 0 Å². The molecule has 162 valence electrons. The number of rotatable bonds is 6. The predicted octanol–water partition coefficient (Wildman–Crippen LogP) is 3.99. The van der Waals surface area contributed by atoms with Crippen LogP contribution in [-0.2, 0) is 6.42 Å². The standard InChI is InChI=1S/C24H34N4O2/c1-16(2)22-13-19(14-23-26-27-24(30-23)18-4-8-25-9-5-18)17(3)12-20(22)15-28-10-6-21(29)7-11-28/h4-5,8-9,12,16,19-22,29H,6-7,10-11,13-15H2,1-3H3. The van der Waals surface area contributed by atoms with E-state index < -0.39 is 0 Å². The monoisotopic (exact) mass is 410 g/mol. The summed E-state index contributed by atoms with van der Waals surface area (Å²) in [7, 11) is 0. The van der Waals surface area contributed by atoms with E-state index in [1.54, 1.807) is 12.4 Å². The molecule has 1 aliphatic carbocycles. The fourth-order valence-electron chi connectivity index (χ4n) is 5.04. The molecule has 2 aromatic heterocycles. The van der Waals surface area contributed by atoms with Crippen molar-refractivity contribution in [2.45, 2.75) is 52.6 Å². The third kappa shape index (κ3) is 4.98. The van der Waals surface area contributed by atoms with Crippen LogP contribution in [0.25, 0.3) is 11.5 Å². The number of aromatic nitrogens is 3. The number of hydrogen-bond acceptors (Lipinski definition) is 6. The Hall–Kier alpha value is -2.05. The highest BCUT2D eigenvalue weighted by molar-refractivity contribution is 5.50. The summed E-state index contributed by atoms with van der Waals surface area (Å²) >= 11 is 0. The number of aliphatic hydroxyl groups excluding tert-OH is 1. The van der Waals surface area contributed by atoms with E-state index >= 15 is 0 Å². The summed E-state index contributed by atoms with van der Waals surface area (Å²) in [6.45, 7) is 10.1. The molecule has 3 heterocycles. The second-order valence-corrected chi connectivity index (χ2v) is 9.39. The first-order valence-corrected chi connectivity index (χ1v) is 11.3. The lowest BCUT2D eigenvalue weighted by Crippen LogP contribution is -2.42. The molecule has 2 aliphatic rings. The van der Waals surface area contributed by atoms with Gasteiger partial charge in [0.05, 0.1) is 6.10 Å². The third-order valence-corrected chi connectivity index (χ3v) is 6.93. The highest BCUT2D eigenvalue weighted by atomic mass is 16.4. The van der Waals surface area contributed by atoms with Crippen LogP contribution in [0.15, 0.2) is 40.6 Å². The van der Waals surface area contributed by atoms with Gasteiger partial charge in [0.15, 0.2) is 0 Å². The average molecular weight is 411 g/mol. The highest BCUT2D eigenvalue weighted by Gasteiger charge is 2.34. The highest BCUT2D eigenvalue weighted by Crippen LogP contribution is 2.39. The lowest BCUT2D eigenvalue weighted by molar-refractivity contribution is 0.0670. The van der Waals surface area contributed by atoms with Crippen molar-refractivity contribution in [3.05, 3.63) is 42.1 Å².